The Morgan fingerprint density at radius 3 is 2.74 bits per heavy atom. The van der Waals surface area contributed by atoms with E-state index >= 15 is 0 Å². The summed E-state index contributed by atoms with van der Waals surface area (Å²) in [6, 6.07) is 2.64. The van der Waals surface area contributed by atoms with Crippen molar-refractivity contribution in [3.63, 3.8) is 0 Å². The number of likely N-dealkylation sites (N-methyl/N-ethyl adjacent to an activating group) is 1. The number of halogens is 1. The number of hydrogen-bond donors (Lipinski definition) is 2. The molecule has 0 fully saturated rings. The number of hydrogen-bond acceptors (Lipinski definition) is 4. The first-order valence-electron chi connectivity index (χ1n) is 5.82. The van der Waals surface area contributed by atoms with Gasteiger partial charge in [-0.15, -0.1) is 0 Å². The predicted octanol–water partition coefficient (Wildman–Crippen LogP) is 1.40. The standard InChI is InChI=1S/C12H16ClN3O3/c1-3-4-14-11(17)7-16(2)10-6-8(12(18)19)5-9(13)15-10/h5-6H,3-4,7H2,1-2H3,(H,14,17)(H,18,19). The summed E-state index contributed by atoms with van der Waals surface area (Å²) in [6.45, 7) is 2.66. The number of carboxylic acid groups (broad SMARTS) is 1. The van der Waals surface area contributed by atoms with E-state index in [0.29, 0.717) is 12.4 Å². The summed E-state index contributed by atoms with van der Waals surface area (Å²) in [6.07, 6.45) is 0.855. The van der Waals surface area contributed by atoms with E-state index in [9.17, 15) is 9.59 Å². The first kappa shape index (κ1) is 15.2. The van der Waals surface area contributed by atoms with Crippen molar-refractivity contribution in [2.75, 3.05) is 25.0 Å². The normalized spacial score (nSPS) is 10.1. The second-order valence-corrected chi connectivity index (χ2v) is 4.44. The monoisotopic (exact) mass is 285 g/mol. The summed E-state index contributed by atoms with van der Waals surface area (Å²) in [4.78, 5) is 28.0. The van der Waals surface area contributed by atoms with Crippen LogP contribution in [-0.4, -0.2) is 42.1 Å². The number of anilines is 1. The van der Waals surface area contributed by atoms with Crippen molar-refractivity contribution in [1.82, 2.24) is 10.3 Å². The van der Waals surface area contributed by atoms with Crippen LogP contribution in [0.3, 0.4) is 0 Å². The summed E-state index contributed by atoms with van der Waals surface area (Å²) < 4.78 is 0. The van der Waals surface area contributed by atoms with Gasteiger partial charge >= 0.3 is 5.97 Å². The largest absolute Gasteiger partial charge is 0.478 e. The molecule has 6 nitrogen and oxygen atoms in total. The van der Waals surface area contributed by atoms with Gasteiger partial charge in [0.25, 0.3) is 0 Å². The van der Waals surface area contributed by atoms with Gasteiger partial charge in [0, 0.05) is 13.6 Å². The fraction of sp³-hybridized carbons (Fsp3) is 0.417. The molecule has 1 amide bonds. The molecule has 0 spiro atoms. The number of carboxylic acids is 1. The molecule has 1 aromatic rings. The van der Waals surface area contributed by atoms with Crippen LogP contribution in [0.25, 0.3) is 0 Å². The van der Waals surface area contributed by atoms with Crippen LogP contribution in [-0.2, 0) is 4.79 Å². The molecular formula is C12H16ClN3O3. The molecule has 2 N–H and O–H groups in total. The molecule has 0 saturated heterocycles. The maximum atomic E-state index is 11.6. The highest BCUT2D eigenvalue weighted by Gasteiger charge is 2.12. The smallest absolute Gasteiger partial charge is 0.335 e. The molecule has 0 bridgehead atoms. The van der Waals surface area contributed by atoms with Crippen molar-refractivity contribution < 1.29 is 14.7 Å². The number of nitrogens with zero attached hydrogens (tertiary/aromatic N) is 2. The van der Waals surface area contributed by atoms with Gasteiger partial charge in [-0.3, -0.25) is 4.79 Å². The maximum Gasteiger partial charge on any atom is 0.335 e. The quantitative estimate of drug-likeness (QED) is 0.772. The van der Waals surface area contributed by atoms with Gasteiger partial charge in [-0.1, -0.05) is 18.5 Å². The lowest BCUT2D eigenvalue weighted by molar-refractivity contribution is -0.119. The van der Waals surface area contributed by atoms with Gasteiger partial charge in [-0.25, -0.2) is 9.78 Å². The van der Waals surface area contributed by atoms with Crippen LogP contribution in [0.4, 0.5) is 5.82 Å². The summed E-state index contributed by atoms with van der Waals surface area (Å²) in [7, 11) is 1.65. The minimum absolute atomic E-state index is 0.0378. The highest BCUT2D eigenvalue weighted by molar-refractivity contribution is 6.29. The molecule has 1 aromatic heterocycles. The minimum atomic E-state index is -1.09. The molecular weight excluding hydrogens is 270 g/mol. The Kier molecular flexibility index (Phi) is 5.57. The Bertz CT molecular complexity index is 479. The fourth-order valence-corrected chi connectivity index (χ4v) is 1.62. The zero-order valence-electron chi connectivity index (χ0n) is 10.8. The van der Waals surface area contributed by atoms with E-state index in [1.165, 1.54) is 12.1 Å². The first-order valence-corrected chi connectivity index (χ1v) is 6.20. The van der Waals surface area contributed by atoms with E-state index in [0.717, 1.165) is 6.42 Å². The van der Waals surface area contributed by atoms with Crippen LogP contribution >= 0.6 is 11.6 Å². The second kappa shape index (κ2) is 6.94. The Morgan fingerprint density at radius 1 is 1.47 bits per heavy atom. The maximum absolute atomic E-state index is 11.6. The van der Waals surface area contributed by atoms with Gasteiger partial charge in [-0.05, 0) is 18.6 Å². The Labute approximate surface area is 116 Å². The Hall–Kier alpha value is -1.82. The molecule has 0 aliphatic heterocycles. The highest BCUT2D eigenvalue weighted by atomic mass is 35.5. The van der Waals surface area contributed by atoms with Crippen LogP contribution in [0.5, 0.6) is 0 Å². The Morgan fingerprint density at radius 2 is 2.16 bits per heavy atom. The van der Waals surface area contributed by atoms with E-state index < -0.39 is 5.97 Å². The molecule has 104 valence electrons. The molecule has 0 atom stereocenters. The van der Waals surface area contributed by atoms with Crippen molar-refractivity contribution in [2.45, 2.75) is 13.3 Å². The first-order chi connectivity index (χ1) is 8.93. The number of rotatable bonds is 6. The van der Waals surface area contributed by atoms with Gasteiger partial charge in [0.2, 0.25) is 5.91 Å². The summed E-state index contributed by atoms with van der Waals surface area (Å²) in [5.74, 6) is -0.895. The third kappa shape index (κ3) is 4.75. The lowest BCUT2D eigenvalue weighted by atomic mass is 10.2. The molecule has 0 aliphatic rings. The molecule has 7 heteroatoms. The number of carbonyl (C=O) groups is 2. The zero-order chi connectivity index (χ0) is 14.4. The van der Waals surface area contributed by atoms with Gasteiger partial charge in [0.1, 0.15) is 11.0 Å². The van der Waals surface area contributed by atoms with E-state index in [4.69, 9.17) is 16.7 Å². The van der Waals surface area contributed by atoms with Crippen LogP contribution < -0.4 is 10.2 Å². The number of aromatic nitrogens is 1. The SMILES string of the molecule is CCCNC(=O)CN(C)c1cc(C(=O)O)cc(Cl)n1. The van der Waals surface area contributed by atoms with E-state index in [1.807, 2.05) is 6.92 Å². The van der Waals surface area contributed by atoms with Gasteiger partial charge in [0.05, 0.1) is 12.1 Å². The number of amides is 1. The third-order valence-corrected chi connectivity index (χ3v) is 2.57. The summed E-state index contributed by atoms with van der Waals surface area (Å²) >= 11 is 5.76. The average Bonchev–Trinajstić information content (AvgIpc) is 2.35. The van der Waals surface area contributed by atoms with Crippen molar-refractivity contribution in [3.8, 4) is 0 Å². The number of carbonyl (C=O) groups excluding carboxylic acids is 1. The van der Waals surface area contributed by atoms with Crippen LogP contribution in [0, 0.1) is 0 Å². The second-order valence-electron chi connectivity index (χ2n) is 4.05. The van der Waals surface area contributed by atoms with Crippen molar-refractivity contribution in [1.29, 1.82) is 0 Å². The van der Waals surface area contributed by atoms with Crippen LogP contribution in [0.1, 0.15) is 23.7 Å². The summed E-state index contributed by atoms with van der Waals surface area (Å²) in [5.41, 5.74) is 0.0378. The number of aromatic carboxylic acids is 1. The Balaban J connectivity index is 2.79. The van der Waals surface area contributed by atoms with Crippen LogP contribution in [0.2, 0.25) is 5.15 Å². The molecule has 0 unspecified atom stereocenters. The predicted molar refractivity (Wildman–Crippen MR) is 72.8 cm³/mol. The molecule has 19 heavy (non-hydrogen) atoms. The van der Waals surface area contributed by atoms with Crippen molar-refractivity contribution in [2.24, 2.45) is 0 Å². The zero-order valence-corrected chi connectivity index (χ0v) is 11.6. The van der Waals surface area contributed by atoms with E-state index in [2.05, 4.69) is 10.3 Å². The highest BCUT2D eigenvalue weighted by Crippen LogP contribution is 2.17. The van der Waals surface area contributed by atoms with E-state index in [-0.39, 0.29) is 23.2 Å². The molecule has 1 rings (SSSR count). The number of nitrogens with one attached hydrogen (secondary N) is 1. The minimum Gasteiger partial charge on any atom is -0.478 e. The molecule has 0 saturated carbocycles. The molecule has 1 heterocycles. The number of pyridine rings is 1. The third-order valence-electron chi connectivity index (χ3n) is 2.37. The lowest BCUT2D eigenvalue weighted by Crippen LogP contribution is -2.35. The van der Waals surface area contributed by atoms with Gasteiger partial charge < -0.3 is 15.3 Å². The summed E-state index contributed by atoms with van der Waals surface area (Å²) in [5, 5.41) is 11.7. The van der Waals surface area contributed by atoms with Crippen molar-refractivity contribution in [3.05, 3.63) is 22.8 Å². The molecule has 0 radical (unpaired) electrons. The fourth-order valence-electron chi connectivity index (χ4n) is 1.42. The average molecular weight is 286 g/mol. The molecule has 0 aromatic carbocycles. The van der Waals surface area contributed by atoms with Crippen molar-refractivity contribution >= 4 is 29.3 Å². The van der Waals surface area contributed by atoms with Gasteiger partial charge in [-0.2, -0.15) is 0 Å². The molecule has 0 aliphatic carbocycles. The topological polar surface area (TPSA) is 82.5 Å². The van der Waals surface area contributed by atoms with Gasteiger partial charge in [0.15, 0.2) is 0 Å². The van der Waals surface area contributed by atoms with Crippen LogP contribution in [0.15, 0.2) is 12.1 Å². The van der Waals surface area contributed by atoms with E-state index in [1.54, 1.807) is 11.9 Å². The lowest BCUT2D eigenvalue weighted by Gasteiger charge is -2.18.